The van der Waals surface area contributed by atoms with Gasteiger partial charge >= 0.3 is 11.4 Å². The molecule has 4 amide bonds. The second-order valence-electron chi connectivity index (χ2n) is 14.5. The van der Waals surface area contributed by atoms with Crippen LogP contribution in [0.2, 0.25) is 0 Å². The molecular formula is C43H52N6O12. The van der Waals surface area contributed by atoms with Gasteiger partial charge in [0.15, 0.2) is 11.5 Å². The lowest BCUT2D eigenvalue weighted by Gasteiger charge is -2.16. The van der Waals surface area contributed by atoms with Gasteiger partial charge in [-0.05, 0) is 88.6 Å². The third kappa shape index (κ3) is 14.8. The average Bonchev–Trinajstić information content (AvgIpc) is 3.19. The first-order valence-electron chi connectivity index (χ1n) is 19.5. The minimum Gasteiger partial charge on any atom is -0.489 e. The number of benzene rings is 4. The number of nitrogens with two attached hydrogens (primary N) is 2. The highest BCUT2D eigenvalue weighted by atomic mass is 16.6. The van der Waals surface area contributed by atoms with Gasteiger partial charge in [-0.15, -0.1) is 0 Å². The average molecular weight is 845 g/mol. The number of carbonyl (C=O) groups excluding carboxylic acids is 4. The summed E-state index contributed by atoms with van der Waals surface area (Å²) in [4.78, 5) is 69.9. The van der Waals surface area contributed by atoms with Crippen LogP contribution in [0.3, 0.4) is 0 Å². The number of primary amides is 2. The molecule has 6 N–H and O–H groups in total. The van der Waals surface area contributed by atoms with Gasteiger partial charge in [-0.1, -0.05) is 33.6 Å². The Hall–Kier alpha value is -7.24. The molecular weight excluding hydrogens is 793 g/mol. The number of nitro groups is 2. The van der Waals surface area contributed by atoms with E-state index in [1.807, 2.05) is 20.8 Å². The van der Waals surface area contributed by atoms with Crippen molar-refractivity contribution in [3.8, 4) is 23.0 Å². The first-order chi connectivity index (χ1) is 28.8. The van der Waals surface area contributed by atoms with Crippen LogP contribution in [0, 0.1) is 26.1 Å². The van der Waals surface area contributed by atoms with Gasteiger partial charge in [0.1, 0.15) is 11.5 Å². The van der Waals surface area contributed by atoms with Crippen LogP contribution >= 0.6 is 0 Å². The first kappa shape index (κ1) is 48.1. The number of nitrogens with zero attached hydrogens (tertiary/aromatic N) is 2. The van der Waals surface area contributed by atoms with E-state index < -0.39 is 33.5 Å². The lowest BCUT2D eigenvalue weighted by atomic mass is 10.1. The van der Waals surface area contributed by atoms with Gasteiger partial charge in [-0.2, -0.15) is 0 Å². The fourth-order valence-electron chi connectivity index (χ4n) is 5.28. The molecule has 4 aromatic carbocycles. The van der Waals surface area contributed by atoms with E-state index in [4.69, 9.17) is 30.4 Å². The molecule has 0 radical (unpaired) electrons. The molecule has 61 heavy (non-hydrogen) atoms. The summed E-state index contributed by atoms with van der Waals surface area (Å²) in [6.45, 7) is 13.7. The van der Waals surface area contributed by atoms with Crippen molar-refractivity contribution < 1.29 is 48.0 Å². The van der Waals surface area contributed by atoms with Crippen LogP contribution in [0.25, 0.3) is 0 Å². The molecule has 18 heteroatoms. The lowest BCUT2D eigenvalue weighted by Crippen LogP contribution is -2.17. The van der Waals surface area contributed by atoms with Crippen LogP contribution in [0.1, 0.15) is 109 Å². The fourth-order valence-corrected chi connectivity index (χ4v) is 5.28. The molecule has 0 aliphatic carbocycles. The van der Waals surface area contributed by atoms with Gasteiger partial charge in [-0.3, -0.25) is 39.4 Å². The third-order valence-corrected chi connectivity index (χ3v) is 8.17. The monoisotopic (exact) mass is 844 g/mol. The minimum absolute atomic E-state index is 0.0177. The van der Waals surface area contributed by atoms with E-state index in [9.17, 15) is 39.4 Å². The number of amides is 4. The Morgan fingerprint density at radius 1 is 0.590 bits per heavy atom. The standard InChI is InChI=1S/C22H27N3O6.C21H25N3O6/c1-4-5-6-11-30-20-13-16(8-10-18(20)25(28)29)22(27)24-17-9-7-15(21(23)26)12-19(17)31-14(2)3;1-12(2)11-29-19-10-15(6-8-17(19)24(27)28)21(26)23-16-7-5-14(20(22)25)9-18(16)30-13(3)4/h7-10,12-14H,4-6,11H2,1-3H3,(H2,23,26)(H,24,27);5-10,12-13H,11H2,1-4H3,(H2,22,25)(H,23,26). The van der Waals surface area contributed by atoms with E-state index in [0.29, 0.717) is 18.0 Å². The second kappa shape index (κ2) is 22.8. The predicted molar refractivity (Wildman–Crippen MR) is 229 cm³/mol. The summed E-state index contributed by atoms with van der Waals surface area (Å²) in [5.41, 5.74) is 11.7. The molecule has 0 saturated carbocycles. The summed E-state index contributed by atoms with van der Waals surface area (Å²) in [7, 11) is 0. The van der Waals surface area contributed by atoms with Crippen molar-refractivity contribution in [2.24, 2.45) is 17.4 Å². The van der Waals surface area contributed by atoms with Crippen molar-refractivity contribution in [2.45, 2.75) is 79.9 Å². The SMILES string of the molecule is CC(C)COc1cc(C(=O)Nc2ccc(C(N)=O)cc2OC(C)C)ccc1[N+](=O)[O-].CCCCCOc1cc(C(=O)Nc2ccc(C(N)=O)cc2OC(C)C)ccc1[N+](=O)[O-]. The molecule has 0 saturated heterocycles. The smallest absolute Gasteiger partial charge is 0.310 e. The maximum atomic E-state index is 12.8. The summed E-state index contributed by atoms with van der Waals surface area (Å²) in [5.74, 6) is -1.48. The Labute approximate surface area is 353 Å². The molecule has 4 aromatic rings. The Bertz CT molecular complexity index is 2220. The van der Waals surface area contributed by atoms with Crippen LogP contribution in [0.5, 0.6) is 23.0 Å². The number of nitro benzene ring substituents is 2. The number of hydrogen-bond acceptors (Lipinski definition) is 12. The van der Waals surface area contributed by atoms with Crippen LogP contribution in [-0.4, -0.2) is 58.9 Å². The van der Waals surface area contributed by atoms with E-state index >= 15 is 0 Å². The molecule has 0 unspecified atom stereocenters. The van der Waals surface area contributed by atoms with E-state index in [2.05, 4.69) is 10.6 Å². The van der Waals surface area contributed by atoms with Crippen molar-refractivity contribution in [3.63, 3.8) is 0 Å². The molecule has 0 aromatic heterocycles. The van der Waals surface area contributed by atoms with E-state index in [1.54, 1.807) is 27.7 Å². The quantitative estimate of drug-likeness (QED) is 0.0374. The fraction of sp³-hybridized carbons (Fsp3) is 0.349. The van der Waals surface area contributed by atoms with Crippen molar-refractivity contribution in [1.29, 1.82) is 0 Å². The van der Waals surface area contributed by atoms with Gasteiger partial charge in [0.2, 0.25) is 11.8 Å². The summed E-state index contributed by atoms with van der Waals surface area (Å²) < 4.78 is 22.4. The highest BCUT2D eigenvalue weighted by Gasteiger charge is 2.22. The Morgan fingerprint density at radius 2 is 0.984 bits per heavy atom. The number of anilines is 2. The van der Waals surface area contributed by atoms with Gasteiger partial charge in [0, 0.05) is 46.5 Å². The summed E-state index contributed by atoms with van der Waals surface area (Å²) >= 11 is 0. The van der Waals surface area contributed by atoms with Gasteiger partial charge < -0.3 is 41.0 Å². The summed E-state index contributed by atoms with van der Waals surface area (Å²) in [5, 5.41) is 27.9. The zero-order valence-corrected chi connectivity index (χ0v) is 35.1. The first-order valence-corrected chi connectivity index (χ1v) is 19.5. The molecule has 0 fully saturated rings. The number of hydrogen-bond donors (Lipinski definition) is 4. The molecule has 0 heterocycles. The Morgan fingerprint density at radius 3 is 1.34 bits per heavy atom. The molecule has 326 valence electrons. The molecule has 0 aliphatic rings. The number of carbonyl (C=O) groups is 4. The number of unbranched alkanes of at least 4 members (excludes halogenated alkanes) is 2. The normalized spacial score (nSPS) is 10.7. The molecule has 4 rings (SSSR count). The van der Waals surface area contributed by atoms with Gasteiger partial charge in [-0.25, -0.2) is 0 Å². The molecule has 0 spiro atoms. The predicted octanol–water partition coefficient (Wildman–Crippen LogP) is 8.07. The van der Waals surface area contributed by atoms with Crippen molar-refractivity contribution >= 4 is 46.4 Å². The number of ether oxygens (including phenoxy) is 4. The Kier molecular flexibility index (Phi) is 18.0. The van der Waals surface area contributed by atoms with Crippen molar-refractivity contribution in [2.75, 3.05) is 23.8 Å². The zero-order chi connectivity index (χ0) is 45.4. The molecule has 0 aliphatic heterocycles. The third-order valence-electron chi connectivity index (χ3n) is 8.17. The summed E-state index contributed by atoms with van der Waals surface area (Å²) in [6.07, 6.45) is 2.27. The van der Waals surface area contributed by atoms with E-state index in [0.717, 1.165) is 19.3 Å². The van der Waals surface area contributed by atoms with Gasteiger partial charge in [0.05, 0.1) is 46.6 Å². The number of nitrogens with one attached hydrogen (secondary N) is 2. The van der Waals surface area contributed by atoms with E-state index in [-0.39, 0.29) is 81.4 Å². The van der Waals surface area contributed by atoms with Crippen LogP contribution in [0.15, 0.2) is 72.8 Å². The van der Waals surface area contributed by atoms with Crippen molar-refractivity contribution in [3.05, 3.63) is 115 Å². The lowest BCUT2D eigenvalue weighted by molar-refractivity contribution is -0.386. The highest BCUT2D eigenvalue weighted by molar-refractivity contribution is 6.07. The second-order valence-corrected chi connectivity index (χ2v) is 14.5. The van der Waals surface area contributed by atoms with Crippen molar-refractivity contribution in [1.82, 2.24) is 0 Å². The summed E-state index contributed by atoms with van der Waals surface area (Å²) in [6, 6.07) is 16.7. The molecule has 0 atom stereocenters. The Balaban J connectivity index is 0.000000325. The zero-order valence-electron chi connectivity index (χ0n) is 35.1. The van der Waals surface area contributed by atoms with Crippen LogP contribution < -0.4 is 41.0 Å². The van der Waals surface area contributed by atoms with Crippen LogP contribution in [0.4, 0.5) is 22.7 Å². The van der Waals surface area contributed by atoms with Gasteiger partial charge in [0.25, 0.3) is 11.8 Å². The molecule has 18 nitrogen and oxygen atoms in total. The van der Waals surface area contributed by atoms with E-state index in [1.165, 1.54) is 72.8 Å². The van der Waals surface area contributed by atoms with Crippen LogP contribution in [-0.2, 0) is 0 Å². The molecule has 0 bridgehead atoms. The minimum atomic E-state index is -0.621. The highest BCUT2D eigenvalue weighted by Crippen LogP contribution is 2.33. The number of rotatable bonds is 20. The topological polar surface area (TPSA) is 268 Å². The maximum Gasteiger partial charge on any atom is 0.310 e. The maximum absolute atomic E-state index is 12.8. The largest absolute Gasteiger partial charge is 0.489 e.